The van der Waals surface area contributed by atoms with Crippen LogP contribution in [0.25, 0.3) is 5.69 Å². The number of benzene rings is 1. The Morgan fingerprint density at radius 1 is 1.36 bits per heavy atom. The van der Waals surface area contributed by atoms with E-state index in [1.54, 1.807) is 22.7 Å². The minimum Gasteiger partial charge on any atom is -0.298 e. The third kappa shape index (κ3) is 2.53. The molecule has 0 aliphatic carbocycles. The Labute approximate surface area is 129 Å². The smallest absolute Gasteiger partial charge is 0.251 e. The Balaban J connectivity index is 1.78. The fourth-order valence-corrected chi connectivity index (χ4v) is 2.70. The minimum atomic E-state index is -0.364. The number of nitriles is 1. The number of carbonyl (C=O) groups excluding carboxylic acids is 1. The molecule has 0 N–H and O–H groups in total. The zero-order valence-corrected chi connectivity index (χ0v) is 12.4. The summed E-state index contributed by atoms with van der Waals surface area (Å²) in [5.41, 5.74) is 0.939. The first-order valence-electron chi connectivity index (χ1n) is 7.26. The van der Waals surface area contributed by atoms with Crippen LogP contribution in [0.2, 0.25) is 0 Å². The molecule has 0 radical (unpaired) electrons. The lowest BCUT2D eigenvalue weighted by atomic mass is 10.2. The summed E-state index contributed by atoms with van der Waals surface area (Å²) in [7, 11) is 1.70. The minimum absolute atomic E-state index is 0.0858. The molecule has 1 aromatic heterocycles. The summed E-state index contributed by atoms with van der Waals surface area (Å²) in [6.45, 7) is 0.652. The highest BCUT2D eigenvalue weighted by atomic mass is 16.2. The normalized spacial score (nSPS) is 17.3. The van der Waals surface area contributed by atoms with Gasteiger partial charge in [-0.2, -0.15) is 5.26 Å². The molecule has 1 aliphatic heterocycles. The van der Waals surface area contributed by atoms with Crippen LogP contribution in [0, 0.1) is 11.5 Å². The van der Waals surface area contributed by atoms with Crippen molar-refractivity contribution in [2.75, 3.05) is 18.5 Å². The van der Waals surface area contributed by atoms with Crippen LogP contribution in [-0.2, 0) is 4.79 Å². The van der Waals surface area contributed by atoms with Crippen molar-refractivity contribution < 1.29 is 4.79 Å². The number of hydrogen-bond donors (Lipinski definition) is 0. The van der Waals surface area contributed by atoms with Gasteiger partial charge in [0, 0.05) is 25.9 Å². The molecule has 112 valence electrons. The first-order chi connectivity index (χ1) is 10.7. The number of aromatic nitrogens is 2. The van der Waals surface area contributed by atoms with Gasteiger partial charge in [0.05, 0.1) is 5.69 Å². The maximum absolute atomic E-state index is 12.5. The second-order valence-electron chi connectivity index (χ2n) is 5.30. The molecule has 1 atom stereocenters. The van der Waals surface area contributed by atoms with E-state index < -0.39 is 0 Å². The monoisotopic (exact) mass is 295 g/mol. The summed E-state index contributed by atoms with van der Waals surface area (Å²) in [6, 6.07) is 11.2. The zero-order valence-electron chi connectivity index (χ0n) is 12.4. The molecule has 0 bridgehead atoms. The molecule has 6 heteroatoms. The van der Waals surface area contributed by atoms with Crippen LogP contribution in [0.15, 0.2) is 42.6 Å². The van der Waals surface area contributed by atoms with Crippen molar-refractivity contribution in [1.82, 2.24) is 14.7 Å². The van der Waals surface area contributed by atoms with Crippen LogP contribution >= 0.6 is 0 Å². The van der Waals surface area contributed by atoms with E-state index in [0.29, 0.717) is 12.4 Å². The molecule has 3 rings (SSSR count). The molecule has 1 saturated heterocycles. The average molecular weight is 295 g/mol. The number of nitrogens with zero attached hydrogens (tertiary/aromatic N) is 5. The average Bonchev–Trinajstić information content (AvgIpc) is 3.23. The number of likely N-dealkylation sites (tertiary alicyclic amines) is 1. The number of rotatable bonds is 3. The first-order valence-corrected chi connectivity index (χ1v) is 7.26. The van der Waals surface area contributed by atoms with E-state index in [2.05, 4.69) is 11.3 Å². The van der Waals surface area contributed by atoms with Gasteiger partial charge in [-0.15, -0.1) is 5.10 Å². The van der Waals surface area contributed by atoms with Crippen LogP contribution in [0.3, 0.4) is 0 Å². The summed E-state index contributed by atoms with van der Waals surface area (Å²) in [5, 5.41) is 13.5. The predicted octanol–water partition coefficient (Wildman–Crippen LogP) is 1.78. The summed E-state index contributed by atoms with van der Waals surface area (Å²) < 4.78 is 1.73. The van der Waals surface area contributed by atoms with E-state index in [1.807, 2.05) is 36.5 Å². The standard InChI is InChI=1S/C16H17N5O/c1-19(16(22)14-8-5-10-20(14)12-17)15-9-11-21(18-15)13-6-3-2-4-7-13/h2-4,6-7,9,11,14H,5,8,10H2,1H3. The van der Waals surface area contributed by atoms with Crippen LogP contribution in [0.1, 0.15) is 12.8 Å². The topological polar surface area (TPSA) is 65.2 Å². The van der Waals surface area contributed by atoms with Crippen molar-refractivity contribution in [2.24, 2.45) is 0 Å². The third-order valence-corrected chi connectivity index (χ3v) is 3.94. The van der Waals surface area contributed by atoms with Crippen molar-refractivity contribution in [3.05, 3.63) is 42.6 Å². The fraction of sp³-hybridized carbons (Fsp3) is 0.312. The summed E-state index contributed by atoms with van der Waals surface area (Å²) >= 11 is 0. The number of anilines is 1. The van der Waals surface area contributed by atoms with Gasteiger partial charge in [-0.25, -0.2) is 4.68 Å². The molecule has 2 aromatic rings. The maximum atomic E-state index is 12.5. The van der Waals surface area contributed by atoms with Gasteiger partial charge in [-0.1, -0.05) is 18.2 Å². The van der Waals surface area contributed by atoms with Gasteiger partial charge < -0.3 is 0 Å². The number of likely N-dealkylation sites (N-methyl/N-ethyl adjacent to an activating group) is 1. The van der Waals surface area contributed by atoms with E-state index in [-0.39, 0.29) is 11.9 Å². The highest BCUT2D eigenvalue weighted by Gasteiger charge is 2.33. The van der Waals surface area contributed by atoms with Crippen molar-refractivity contribution in [3.8, 4) is 11.9 Å². The second-order valence-corrected chi connectivity index (χ2v) is 5.30. The van der Waals surface area contributed by atoms with Gasteiger partial charge in [0.2, 0.25) is 0 Å². The molecule has 1 unspecified atom stereocenters. The van der Waals surface area contributed by atoms with Gasteiger partial charge in [0.25, 0.3) is 5.91 Å². The molecule has 0 saturated carbocycles. The lowest BCUT2D eigenvalue weighted by Gasteiger charge is -2.22. The third-order valence-electron chi connectivity index (χ3n) is 3.94. The summed E-state index contributed by atoms with van der Waals surface area (Å²) in [6.07, 6.45) is 5.51. The largest absolute Gasteiger partial charge is 0.298 e. The Morgan fingerprint density at radius 2 is 2.14 bits per heavy atom. The maximum Gasteiger partial charge on any atom is 0.251 e. The second kappa shape index (κ2) is 5.90. The fourth-order valence-electron chi connectivity index (χ4n) is 2.70. The van der Waals surface area contributed by atoms with Crippen LogP contribution in [0.5, 0.6) is 0 Å². The molecule has 1 aliphatic rings. The Hall–Kier alpha value is -2.81. The van der Waals surface area contributed by atoms with Gasteiger partial charge in [-0.05, 0) is 25.0 Å². The predicted molar refractivity (Wildman–Crippen MR) is 82.3 cm³/mol. The van der Waals surface area contributed by atoms with Gasteiger partial charge in [0.15, 0.2) is 12.0 Å². The van der Waals surface area contributed by atoms with Crippen molar-refractivity contribution in [2.45, 2.75) is 18.9 Å². The van der Waals surface area contributed by atoms with E-state index in [9.17, 15) is 4.79 Å². The molecule has 1 fully saturated rings. The van der Waals surface area contributed by atoms with E-state index >= 15 is 0 Å². The number of hydrogen-bond acceptors (Lipinski definition) is 4. The van der Waals surface area contributed by atoms with Crippen LogP contribution in [-0.4, -0.2) is 40.2 Å². The van der Waals surface area contributed by atoms with Crippen LogP contribution < -0.4 is 4.90 Å². The van der Waals surface area contributed by atoms with E-state index in [1.165, 1.54) is 4.90 Å². The molecule has 0 spiro atoms. The molecular formula is C16H17N5O. The highest BCUT2D eigenvalue weighted by molar-refractivity contribution is 5.96. The zero-order chi connectivity index (χ0) is 15.5. The number of amides is 1. The summed E-state index contributed by atoms with van der Waals surface area (Å²) in [5.74, 6) is 0.496. The summed E-state index contributed by atoms with van der Waals surface area (Å²) in [4.78, 5) is 15.6. The highest BCUT2D eigenvalue weighted by Crippen LogP contribution is 2.21. The number of para-hydroxylation sites is 1. The Kier molecular flexibility index (Phi) is 3.79. The van der Waals surface area contributed by atoms with Gasteiger partial charge in [0.1, 0.15) is 6.04 Å². The first kappa shape index (κ1) is 14.1. The van der Waals surface area contributed by atoms with Crippen molar-refractivity contribution >= 4 is 11.7 Å². The molecule has 2 heterocycles. The molecule has 22 heavy (non-hydrogen) atoms. The molecule has 1 aromatic carbocycles. The van der Waals surface area contributed by atoms with Crippen molar-refractivity contribution in [3.63, 3.8) is 0 Å². The van der Waals surface area contributed by atoms with E-state index in [0.717, 1.165) is 18.5 Å². The lowest BCUT2D eigenvalue weighted by Crippen LogP contribution is -2.42. The number of carbonyl (C=O) groups is 1. The van der Waals surface area contributed by atoms with Gasteiger partial charge >= 0.3 is 0 Å². The molecular weight excluding hydrogens is 278 g/mol. The van der Waals surface area contributed by atoms with E-state index in [4.69, 9.17) is 5.26 Å². The van der Waals surface area contributed by atoms with Crippen molar-refractivity contribution in [1.29, 1.82) is 5.26 Å². The Morgan fingerprint density at radius 3 is 2.86 bits per heavy atom. The van der Waals surface area contributed by atoms with Crippen LogP contribution in [0.4, 0.5) is 5.82 Å². The molecule has 1 amide bonds. The van der Waals surface area contributed by atoms with Gasteiger partial charge in [-0.3, -0.25) is 14.6 Å². The SMILES string of the molecule is CN(C(=O)C1CCCN1C#N)c1ccn(-c2ccccc2)n1. The quantitative estimate of drug-likeness (QED) is 0.810. The lowest BCUT2D eigenvalue weighted by molar-refractivity contribution is -0.121. The molecule has 6 nitrogen and oxygen atoms in total. The Bertz CT molecular complexity index is 703.